The lowest BCUT2D eigenvalue weighted by atomic mass is 9.97. The second-order valence-electron chi connectivity index (χ2n) is 9.98. The summed E-state index contributed by atoms with van der Waals surface area (Å²) in [6.45, 7) is 13.1. The zero-order valence-electron chi connectivity index (χ0n) is 20.9. The van der Waals surface area contributed by atoms with Gasteiger partial charge in [-0.25, -0.2) is 4.39 Å². The van der Waals surface area contributed by atoms with Crippen LogP contribution in [0.5, 0.6) is 0 Å². The van der Waals surface area contributed by atoms with Crippen LogP contribution in [0.15, 0.2) is 41.1 Å². The molecule has 1 heterocycles. The number of halogens is 1. The number of hydrogen-bond acceptors (Lipinski definition) is 5. The van der Waals surface area contributed by atoms with Gasteiger partial charge >= 0.3 is 0 Å². The molecule has 34 heavy (non-hydrogen) atoms. The predicted molar refractivity (Wildman–Crippen MR) is 132 cm³/mol. The van der Waals surface area contributed by atoms with Crippen LogP contribution in [0.2, 0.25) is 0 Å². The summed E-state index contributed by atoms with van der Waals surface area (Å²) in [5.41, 5.74) is 0.101. The van der Waals surface area contributed by atoms with Gasteiger partial charge in [0.1, 0.15) is 5.60 Å². The van der Waals surface area contributed by atoms with Gasteiger partial charge < -0.3 is 14.4 Å². The van der Waals surface area contributed by atoms with Gasteiger partial charge in [-0.3, -0.25) is 4.79 Å². The van der Waals surface area contributed by atoms with Gasteiger partial charge in [-0.1, -0.05) is 51.7 Å². The fraction of sp³-hybridized carbons (Fsp3) is 0.519. The summed E-state index contributed by atoms with van der Waals surface area (Å²) < 4.78 is 18.9. The van der Waals surface area contributed by atoms with E-state index in [0.717, 1.165) is 19.3 Å². The van der Waals surface area contributed by atoms with Crippen molar-refractivity contribution >= 4 is 11.6 Å². The third-order valence-electron chi connectivity index (χ3n) is 4.96. The van der Waals surface area contributed by atoms with Crippen molar-refractivity contribution in [2.45, 2.75) is 84.2 Å². The Hall–Kier alpha value is -2.98. The number of rotatable bonds is 10. The molecule has 2 rings (SSSR count). The van der Waals surface area contributed by atoms with Gasteiger partial charge in [-0.2, -0.15) is 0 Å². The summed E-state index contributed by atoms with van der Waals surface area (Å²) in [5.74, 6) is 6.29. The van der Waals surface area contributed by atoms with Crippen LogP contribution in [0, 0.1) is 11.8 Å². The highest BCUT2D eigenvalue weighted by Crippen LogP contribution is 2.22. The first-order valence-corrected chi connectivity index (χ1v) is 11.7. The zero-order chi connectivity index (χ0) is 25.4. The van der Waals surface area contributed by atoms with Crippen LogP contribution in [0.4, 0.5) is 10.1 Å². The van der Waals surface area contributed by atoms with E-state index in [1.54, 1.807) is 18.7 Å². The monoisotopic (exact) mass is 469 g/mol. The zero-order valence-corrected chi connectivity index (χ0v) is 20.9. The number of amides is 1. The maximum atomic E-state index is 13.2. The molecule has 0 saturated heterocycles. The Balaban J connectivity index is 2.02. The smallest absolute Gasteiger partial charge is 0.227 e. The molecule has 0 aliphatic carbocycles. The fourth-order valence-corrected chi connectivity index (χ4v) is 3.13. The molecule has 0 unspecified atom stereocenters. The van der Waals surface area contributed by atoms with Crippen LogP contribution in [0.3, 0.4) is 0 Å². The molecule has 1 amide bonds. The summed E-state index contributed by atoms with van der Waals surface area (Å²) in [7, 11) is 0. The summed E-state index contributed by atoms with van der Waals surface area (Å²) >= 11 is 0. The summed E-state index contributed by atoms with van der Waals surface area (Å²) in [6.07, 6.45) is 3.22. The van der Waals surface area contributed by atoms with E-state index in [2.05, 4.69) is 28.6 Å². The first-order chi connectivity index (χ1) is 15.8. The molecular weight excluding hydrogens is 433 g/mol. The Morgan fingerprint density at radius 3 is 2.50 bits per heavy atom. The van der Waals surface area contributed by atoms with Crippen molar-refractivity contribution in [3.8, 4) is 11.8 Å². The molecule has 184 valence electrons. The number of anilines is 1. The van der Waals surface area contributed by atoms with E-state index < -0.39 is 11.4 Å². The Labute approximate surface area is 202 Å². The van der Waals surface area contributed by atoms with Crippen LogP contribution in [0.25, 0.3) is 0 Å². The molecule has 1 aromatic heterocycles. The Bertz CT molecular complexity index is 1040. The molecule has 0 bridgehead atoms. The normalized spacial score (nSPS) is 11.6. The van der Waals surface area contributed by atoms with Crippen molar-refractivity contribution < 1.29 is 18.7 Å². The molecule has 7 heteroatoms. The van der Waals surface area contributed by atoms with Crippen LogP contribution < -0.4 is 4.90 Å². The van der Waals surface area contributed by atoms with Crippen LogP contribution in [-0.4, -0.2) is 33.4 Å². The first-order valence-electron chi connectivity index (χ1n) is 11.7. The van der Waals surface area contributed by atoms with E-state index in [1.807, 2.05) is 45.0 Å². The Morgan fingerprint density at radius 1 is 1.15 bits per heavy atom. The molecule has 0 radical (unpaired) electrons. The average Bonchev–Trinajstić information content (AvgIpc) is 3.22. The summed E-state index contributed by atoms with van der Waals surface area (Å²) in [5, 5.41) is 18.1. The molecule has 2 aromatic rings. The quantitative estimate of drug-likeness (QED) is 0.367. The van der Waals surface area contributed by atoms with E-state index in [1.165, 1.54) is 0 Å². The van der Waals surface area contributed by atoms with Gasteiger partial charge in [-0.05, 0) is 44.9 Å². The highest BCUT2D eigenvalue weighted by molar-refractivity contribution is 5.93. The van der Waals surface area contributed by atoms with Crippen molar-refractivity contribution in [3.63, 3.8) is 0 Å². The minimum atomic E-state index is -1.11. The lowest BCUT2D eigenvalue weighted by Crippen LogP contribution is -2.31. The fourth-order valence-electron chi connectivity index (χ4n) is 3.13. The number of aryl methyl sites for hydroxylation is 1. The number of hydrogen-bond donors (Lipinski definition) is 1. The maximum absolute atomic E-state index is 13.2. The van der Waals surface area contributed by atoms with E-state index in [4.69, 9.17) is 4.42 Å². The summed E-state index contributed by atoms with van der Waals surface area (Å²) in [4.78, 5) is 14.5. The second kappa shape index (κ2) is 11.9. The third kappa shape index (κ3) is 9.48. The molecular formula is C27H36FN3O3. The summed E-state index contributed by atoms with van der Waals surface area (Å²) in [6, 6.07) is 7.29. The number of benzene rings is 1. The van der Waals surface area contributed by atoms with Crippen molar-refractivity contribution in [1.82, 2.24) is 10.2 Å². The van der Waals surface area contributed by atoms with Crippen molar-refractivity contribution in [1.29, 1.82) is 0 Å². The van der Waals surface area contributed by atoms with Gasteiger partial charge in [0.15, 0.2) is 0 Å². The van der Waals surface area contributed by atoms with Crippen LogP contribution >= 0.6 is 0 Å². The minimum absolute atomic E-state index is 0.000798. The maximum Gasteiger partial charge on any atom is 0.227 e. The lowest BCUT2D eigenvalue weighted by molar-refractivity contribution is -0.118. The molecule has 6 nitrogen and oxygen atoms in total. The molecule has 1 aromatic carbocycles. The minimum Gasteiger partial charge on any atom is -0.425 e. The SMILES string of the molecule is C=C(F)CCC(=O)N(CCCCCc1nnc(C(C)(C)C)o1)c1cccc(C#CC(C)(C)O)c1. The third-order valence-corrected chi connectivity index (χ3v) is 4.96. The van der Waals surface area contributed by atoms with Crippen molar-refractivity contribution in [2.75, 3.05) is 11.4 Å². The number of nitrogens with zero attached hydrogens (tertiary/aromatic N) is 3. The topological polar surface area (TPSA) is 79.5 Å². The first kappa shape index (κ1) is 27.3. The highest BCUT2D eigenvalue weighted by Gasteiger charge is 2.21. The standard InChI is InChI=1S/C27H36FN3O3/c1-20(28)14-15-24(32)31(22-12-10-11-21(19-22)16-17-27(5,6)33)18-9-7-8-13-23-29-30-25(34-23)26(2,3)4/h10-12,19,33H,1,7-9,13-15,18H2,2-6H3. The average molecular weight is 470 g/mol. The van der Waals surface area contributed by atoms with E-state index >= 15 is 0 Å². The Kier molecular flexibility index (Phi) is 9.57. The largest absolute Gasteiger partial charge is 0.425 e. The van der Waals surface area contributed by atoms with Gasteiger partial charge in [0.25, 0.3) is 0 Å². The number of allylic oxidation sites excluding steroid dienone is 1. The van der Waals surface area contributed by atoms with Gasteiger partial charge in [0.2, 0.25) is 17.7 Å². The van der Waals surface area contributed by atoms with Gasteiger partial charge in [0.05, 0.1) is 5.83 Å². The molecule has 1 N–H and O–H groups in total. The van der Waals surface area contributed by atoms with E-state index in [9.17, 15) is 14.3 Å². The molecule has 0 atom stereocenters. The van der Waals surface area contributed by atoms with Crippen molar-refractivity contribution in [3.05, 3.63) is 54.0 Å². The van der Waals surface area contributed by atoms with Crippen LogP contribution in [0.1, 0.15) is 84.1 Å². The molecule has 0 aliphatic heterocycles. The Morgan fingerprint density at radius 2 is 1.88 bits per heavy atom. The second-order valence-corrected chi connectivity index (χ2v) is 9.98. The number of carbonyl (C=O) groups is 1. The predicted octanol–water partition coefficient (Wildman–Crippen LogP) is 5.50. The molecule has 0 spiro atoms. The number of carbonyl (C=O) groups excluding carboxylic acids is 1. The van der Waals surface area contributed by atoms with E-state index in [0.29, 0.717) is 36.0 Å². The van der Waals surface area contributed by atoms with Gasteiger partial charge in [0, 0.05) is 42.5 Å². The highest BCUT2D eigenvalue weighted by atomic mass is 19.1. The van der Waals surface area contributed by atoms with Crippen LogP contribution in [-0.2, 0) is 16.6 Å². The number of aliphatic hydroxyl groups is 1. The molecule has 0 fully saturated rings. The van der Waals surface area contributed by atoms with Gasteiger partial charge in [-0.15, -0.1) is 10.2 Å². The van der Waals surface area contributed by atoms with E-state index in [-0.39, 0.29) is 24.2 Å². The molecule has 0 saturated carbocycles. The number of aromatic nitrogens is 2. The molecule has 0 aliphatic rings. The lowest BCUT2D eigenvalue weighted by Gasteiger charge is -2.23. The van der Waals surface area contributed by atoms with Crippen molar-refractivity contribution in [2.24, 2.45) is 0 Å². The number of unbranched alkanes of at least 4 members (excludes halogenated alkanes) is 2.